The van der Waals surface area contributed by atoms with E-state index in [0.717, 1.165) is 43.9 Å². The van der Waals surface area contributed by atoms with Crippen molar-refractivity contribution in [2.45, 2.75) is 38.1 Å². The van der Waals surface area contributed by atoms with Gasteiger partial charge in [-0.1, -0.05) is 0 Å². The summed E-state index contributed by atoms with van der Waals surface area (Å²) in [6, 6.07) is 5.94. The van der Waals surface area contributed by atoms with Crippen LogP contribution >= 0.6 is 0 Å². The molecule has 13 heteroatoms. The molecule has 3 aromatic heterocycles. The van der Waals surface area contributed by atoms with E-state index in [-0.39, 0.29) is 24.3 Å². The van der Waals surface area contributed by atoms with Crippen LogP contribution in [0.15, 0.2) is 49.2 Å². The minimum Gasteiger partial charge on any atom is -0.357 e. The molecule has 216 valence electrons. The molecular weight excluding hydrogens is 552 g/mol. The van der Waals surface area contributed by atoms with Gasteiger partial charge in [0.15, 0.2) is 5.82 Å². The lowest BCUT2D eigenvalue weighted by molar-refractivity contribution is -0.107. The Kier molecular flexibility index (Phi) is 8.54. The number of unbranched alkanes of at least 4 members (excludes halogenated alkanes) is 2. The molecule has 1 aromatic carbocycles. The summed E-state index contributed by atoms with van der Waals surface area (Å²) in [7, 11) is -1.95. The van der Waals surface area contributed by atoms with E-state index >= 15 is 8.78 Å². The van der Waals surface area contributed by atoms with E-state index in [2.05, 4.69) is 24.9 Å². The van der Waals surface area contributed by atoms with Gasteiger partial charge in [-0.2, -0.15) is 0 Å². The fourth-order valence-electron chi connectivity index (χ4n) is 5.08. The number of halogens is 2. The van der Waals surface area contributed by atoms with Crippen molar-refractivity contribution in [3.05, 3.63) is 60.8 Å². The smallest absolute Gasteiger partial charge is 0.232 e. The number of carbonyl (C=O) groups excluding carboxylic acids is 1. The molecule has 41 heavy (non-hydrogen) atoms. The van der Waals surface area contributed by atoms with E-state index < -0.39 is 27.3 Å². The van der Waals surface area contributed by atoms with Crippen molar-refractivity contribution in [1.82, 2.24) is 24.8 Å². The van der Waals surface area contributed by atoms with Crippen molar-refractivity contribution in [3.8, 4) is 16.8 Å². The number of piperidine rings is 1. The van der Waals surface area contributed by atoms with Gasteiger partial charge >= 0.3 is 0 Å². The monoisotopic (exact) mass is 583 g/mol. The number of nitrogens with one attached hydrogen (secondary N) is 2. The zero-order valence-corrected chi connectivity index (χ0v) is 23.4. The van der Waals surface area contributed by atoms with Crippen molar-refractivity contribution in [1.29, 1.82) is 0 Å². The van der Waals surface area contributed by atoms with Gasteiger partial charge in [-0.25, -0.2) is 32.2 Å². The molecule has 0 amide bonds. The summed E-state index contributed by atoms with van der Waals surface area (Å²) in [5.41, 5.74) is 1.29. The number of fused-ring (bicyclic) bond motifs is 1. The SMILES string of the molecule is CN(c1ccc2c(n1)c(-c1cncnc1)cn2-c1c(F)ccc(NS(=O)(=O)CCCCC=O)c1F)C1CCNCC1. The lowest BCUT2D eigenvalue weighted by Gasteiger charge is -2.32. The number of rotatable bonds is 11. The first-order valence-electron chi connectivity index (χ1n) is 13.4. The van der Waals surface area contributed by atoms with E-state index in [1.54, 1.807) is 24.7 Å². The molecule has 1 aliphatic heterocycles. The van der Waals surface area contributed by atoms with Gasteiger partial charge in [-0.05, 0) is 63.0 Å². The lowest BCUT2D eigenvalue weighted by Crippen LogP contribution is -2.41. The first-order valence-corrected chi connectivity index (χ1v) is 15.1. The zero-order chi connectivity index (χ0) is 29.0. The number of sulfonamides is 1. The Labute approximate surface area is 236 Å². The van der Waals surface area contributed by atoms with Crippen LogP contribution < -0.4 is 14.9 Å². The van der Waals surface area contributed by atoms with Crippen LogP contribution in [0.3, 0.4) is 0 Å². The van der Waals surface area contributed by atoms with Crippen molar-refractivity contribution in [3.63, 3.8) is 0 Å². The van der Waals surface area contributed by atoms with Crippen LogP contribution in [0.5, 0.6) is 0 Å². The Hall–Kier alpha value is -3.97. The Morgan fingerprint density at radius 3 is 2.61 bits per heavy atom. The van der Waals surface area contributed by atoms with Gasteiger partial charge in [0.25, 0.3) is 0 Å². The molecule has 0 aliphatic carbocycles. The Bertz CT molecular complexity index is 1640. The number of anilines is 2. The standard InChI is InChI=1S/C28H31F2N7O3S/c1-36(20-9-11-31-12-10-20)25-8-7-24-27(34-25)21(19-15-32-18-33-16-19)17-37(24)28-22(29)5-6-23(26(28)30)35-41(39,40)14-4-2-3-13-38/h5-8,13,15-18,20,31,35H,2-4,9-12,14H2,1H3. The zero-order valence-electron chi connectivity index (χ0n) is 22.6. The van der Waals surface area contributed by atoms with E-state index in [0.29, 0.717) is 40.9 Å². The van der Waals surface area contributed by atoms with Crippen LogP contribution in [0, 0.1) is 11.6 Å². The van der Waals surface area contributed by atoms with Gasteiger partial charge < -0.3 is 19.6 Å². The largest absolute Gasteiger partial charge is 0.357 e. The Balaban J connectivity index is 1.58. The number of carbonyl (C=O) groups is 1. The maximum absolute atomic E-state index is 15.9. The van der Waals surface area contributed by atoms with Crippen LogP contribution in [0.25, 0.3) is 27.8 Å². The van der Waals surface area contributed by atoms with Gasteiger partial charge in [0, 0.05) is 49.2 Å². The molecule has 4 aromatic rings. The molecule has 1 saturated heterocycles. The molecule has 4 heterocycles. The van der Waals surface area contributed by atoms with Crippen molar-refractivity contribution in [2.75, 3.05) is 35.5 Å². The minimum atomic E-state index is -3.93. The first-order chi connectivity index (χ1) is 19.8. The molecule has 0 radical (unpaired) electrons. The van der Waals surface area contributed by atoms with Crippen LogP contribution in [0.4, 0.5) is 20.3 Å². The van der Waals surface area contributed by atoms with Crippen LogP contribution in [-0.4, -0.2) is 66.2 Å². The highest BCUT2D eigenvalue weighted by atomic mass is 32.2. The third kappa shape index (κ3) is 6.20. The molecule has 2 N–H and O–H groups in total. The second-order valence-electron chi connectivity index (χ2n) is 10.0. The van der Waals surface area contributed by atoms with E-state index in [1.807, 2.05) is 13.1 Å². The fraction of sp³-hybridized carbons (Fsp3) is 0.357. The number of aldehydes is 1. The number of pyridine rings is 1. The Morgan fingerprint density at radius 2 is 1.88 bits per heavy atom. The highest BCUT2D eigenvalue weighted by Gasteiger charge is 2.24. The average Bonchev–Trinajstić information content (AvgIpc) is 3.36. The maximum atomic E-state index is 15.9. The summed E-state index contributed by atoms with van der Waals surface area (Å²) in [6.07, 6.45) is 9.65. The predicted octanol–water partition coefficient (Wildman–Crippen LogP) is 4.06. The summed E-state index contributed by atoms with van der Waals surface area (Å²) in [5.74, 6) is -1.52. The third-order valence-electron chi connectivity index (χ3n) is 7.28. The van der Waals surface area contributed by atoms with Crippen LogP contribution in [0.1, 0.15) is 32.1 Å². The number of aromatic nitrogens is 4. The predicted molar refractivity (Wildman–Crippen MR) is 154 cm³/mol. The summed E-state index contributed by atoms with van der Waals surface area (Å²) in [6.45, 7) is 1.83. The van der Waals surface area contributed by atoms with Crippen molar-refractivity contribution in [2.24, 2.45) is 0 Å². The molecule has 1 aliphatic rings. The highest BCUT2D eigenvalue weighted by Crippen LogP contribution is 2.35. The average molecular weight is 584 g/mol. The fourth-order valence-corrected chi connectivity index (χ4v) is 6.26. The Morgan fingerprint density at radius 1 is 1.12 bits per heavy atom. The summed E-state index contributed by atoms with van der Waals surface area (Å²) < 4.78 is 59.9. The molecule has 10 nitrogen and oxygen atoms in total. The topological polar surface area (TPSA) is 122 Å². The van der Waals surface area contributed by atoms with Crippen molar-refractivity contribution >= 4 is 38.8 Å². The maximum Gasteiger partial charge on any atom is 0.232 e. The molecule has 0 bridgehead atoms. The van der Waals surface area contributed by atoms with Gasteiger partial charge in [0.05, 0.1) is 22.5 Å². The molecular formula is C28H31F2N7O3S. The van der Waals surface area contributed by atoms with Crippen LogP contribution in [-0.2, 0) is 14.8 Å². The second kappa shape index (κ2) is 12.3. The first kappa shape index (κ1) is 28.6. The molecule has 5 rings (SSSR count). The summed E-state index contributed by atoms with van der Waals surface area (Å²) in [5, 5.41) is 3.36. The summed E-state index contributed by atoms with van der Waals surface area (Å²) >= 11 is 0. The van der Waals surface area contributed by atoms with Gasteiger partial charge in [-0.3, -0.25) is 4.72 Å². The van der Waals surface area contributed by atoms with Gasteiger partial charge in [-0.15, -0.1) is 0 Å². The second-order valence-corrected chi connectivity index (χ2v) is 11.9. The molecule has 0 atom stereocenters. The molecule has 1 fully saturated rings. The van der Waals surface area contributed by atoms with Gasteiger partial charge in [0.1, 0.15) is 29.9 Å². The normalized spacial score (nSPS) is 14.3. The quantitative estimate of drug-likeness (QED) is 0.200. The molecule has 0 saturated carbocycles. The van der Waals surface area contributed by atoms with Crippen molar-refractivity contribution < 1.29 is 22.0 Å². The lowest BCUT2D eigenvalue weighted by atomic mass is 10.1. The minimum absolute atomic E-state index is 0.230. The number of hydrogen-bond donors (Lipinski definition) is 2. The van der Waals surface area contributed by atoms with Gasteiger partial charge in [0.2, 0.25) is 10.0 Å². The molecule has 0 unspecified atom stereocenters. The van der Waals surface area contributed by atoms with E-state index in [1.165, 1.54) is 10.9 Å². The number of hydrogen-bond acceptors (Lipinski definition) is 8. The number of benzene rings is 1. The van der Waals surface area contributed by atoms with E-state index in [9.17, 15) is 13.2 Å². The number of nitrogens with zero attached hydrogens (tertiary/aromatic N) is 5. The summed E-state index contributed by atoms with van der Waals surface area (Å²) in [4.78, 5) is 25.7. The third-order valence-corrected chi connectivity index (χ3v) is 8.64. The molecule has 0 spiro atoms. The highest BCUT2D eigenvalue weighted by molar-refractivity contribution is 7.92. The van der Waals surface area contributed by atoms with E-state index in [4.69, 9.17) is 4.98 Å². The van der Waals surface area contributed by atoms with Crippen LogP contribution in [0.2, 0.25) is 0 Å².